The first-order valence-electron chi connectivity index (χ1n) is 8.12. The first-order chi connectivity index (χ1) is 11.8. The molecule has 0 aliphatic carbocycles. The molecule has 134 valence electrons. The Morgan fingerprint density at radius 1 is 1.32 bits per heavy atom. The van der Waals surface area contributed by atoms with Crippen molar-refractivity contribution in [2.24, 2.45) is 16.6 Å². The van der Waals surface area contributed by atoms with Gasteiger partial charge >= 0.3 is 0 Å². The number of ether oxygens (including phenoxy) is 1. The highest BCUT2D eigenvalue weighted by Crippen LogP contribution is 2.31. The monoisotopic (exact) mass is 453 g/mol. The molecular formula is C18H24IN5O. The first-order valence-corrected chi connectivity index (χ1v) is 8.12. The van der Waals surface area contributed by atoms with E-state index in [0.717, 1.165) is 30.9 Å². The SMILES string of the molecule is COc1ccccc1N1CCC(CN=C(N)Nc2ccccn2)C1.I. The Morgan fingerprint density at radius 2 is 2.12 bits per heavy atom. The van der Waals surface area contributed by atoms with E-state index in [4.69, 9.17) is 10.5 Å². The third kappa shape index (κ3) is 5.22. The number of aliphatic imine (C=N–C) groups is 1. The normalized spacial score (nSPS) is 17.1. The molecule has 1 aromatic heterocycles. The van der Waals surface area contributed by atoms with Crippen LogP contribution >= 0.6 is 24.0 Å². The topological polar surface area (TPSA) is 75.8 Å². The maximum Gasteiger partial charge on any atom is 0.194 e. The molecule has 0 amide bonds. The zero-order valence-corrected chi connectivity index (χ0v) is 16.6. The van der Waals surface area contributed by atoms with E-state index in [9.17, 15) is 0 Å². The van der Waals surface area contributed by atoms with E-state index < -0.39 is 0 Å². The number of pyridine rings is 1. The van der Waals surface area contributed by atoms with E-state index in [2.05, 4.69) is 26.3 Å². The number of nitrogens with one attached hydrogen (secondary N) is 1. The third-order valence-electron chi connectivity index (χ3n) is 4.15. The molecule has 0 bridgehead atoms. The summed E-state index contributed by atoms with van der Waals surface area (Å²) >= 11 is 0. The molecule has 0 spiro atoms. The smallest absolute Gasteiger partial charge is 0.194 e. The molecule has 0 radical (unpaired) electrons. The van der Waals surface area contributed by atoms with Crippen LogP contribution in [0.4, 0.5) is 11.5 Å². The van der Waals surface area contributed by atoms with Gasteiger partial charge in [0.25, 0.3) is 0 Å². The van der Waals surface area contributed by atoms with Crippen molar-refractivity contribution in [3.63, 3.8) is 0 Å². The first kappa shape index (κ1) is 19.3. The van der Waals surface area contributed by atoms with Crippen LogP contribution in [0, 0.1) is 5.92 Å². The highest BCUT2D eigenvalue weighted by Gasteiger charge is 2.24. The number of hydrogen-bond donors (Lipinski definition) is 2. The molecule has 1 fully saturated rings. The molecule has 1 saturated heterocycles. The second-order valence-corrected chi connectivity index (χ2v) is 5.84. The fourth-order valence-electron chi connectivity index (χ4n) is 2.93. The average Bonchev–Trinajstić information content (AvgIpc) is 3.09. The minimum Gasteiger partial charge on any atom is -0.495 e. The number of methoxy groups -OCH3 is 1. The second-order valence-electron chi connectivity index (χ2n) is 5.84. The number of nitrogens with two attached hydrogens (primary N) is 1. The standard InChI is InChI=1S/C18H23N5O.HI/c1-24-16-7-3-2-6-15(16)23-11-9-14(13-23)12-21-18(19)22-17-8-4-5-10-20-17;/h2-8,10,14H,9,11-13H2,1H3,(H3,19,20,21,22);1H. The van der Waals surface area contributed by atoms with E-state index in [1.807, 2.05) is 36.4 Å². The van der Waals surface area contributed by atoms with Crippen LogP contribution in [-0.4, -0.2) is 37.7 Å². The summed E-state index contributed by atoms with van der Waals surface area (Å²) in [5.74, 6) is 2.52. The van der Waals surface area contributed by atoms with Gasteiger partial charge in [-0.1, -0.05) is 18.2 Å². The number of anilines is 2. The van der Waals surface area contributed by atoms with Crippen LogP contribution in [-0.2, 0) is 0 Å². The van der Waals surface area contributed by atoms with Crippen LogP contribution in [0.15, 0.2) is 53.7 Å². The molecule has 2 heterocycles. The predicted molar refractivity (Wildman–Crippen MR) is 113 cm³/mol. The fraction of sp³-hybridized carbons (Fsp3) is 0.333. The van der Waals surface area contributed by atoms with Crippen LogP contribution in [0.2, 0.25) is 0 Å². The van der Waals surface area contributed by atoms with Crippen molar-refractivity contribution in [1.82, 2.24) is 4.98 Å². The van der Waals surface area contributed by atoms with Gasteiger partial charge in [-0.25, -0.2) is 4.98 Å². The minimum absolute atomic E-state index is 0. The number of guanidine groups is 1. The Hall–Kier alpha value is -2.03. The minimum atomic E-state index is 0. The van der Waals surface area contributed by atoms with Crippen molar-refractivity contribution in [2.45, 2.75) is 6.42 Å². The zero-order valence-electron chi connectivity index (χ0n) is 14.3. The van der Waals surface area contributed by atoms with Crippen molar-refractivity contribution in [1.29, 1.82) is 0 Å². The van der Waals surface area contributed by atoms with Crippen molar-refractivity contribution >= 4 is 41.4 Å². The predicted octanol–water partition coefficient (Wildman–Crippen LogP) is 2.96. The highest BCUT2D eigenvalue weighted by atomic mass is 127. The number of para-hydroxylation sites is 2. The number of nitrogens with zero attached hydrogens (tertiary/aromatic N) is 3. The Kier molecular flexibility index (Phi) is 7.30. The number of aromatic nitrogens is 1. The van der Waals surface area contributed by atoms with E-state index in [-0.39, 0.29) is 24.0 Å². The van der Waals surface area contributed by atoms with Crippen molar-refractivity contribution in [3.05, 3.63) is 48.7 Å². The number of halogens is 1. The summed E-state index contributed by atoms with van der Waals surface area (Å²) in [6.45, 7) is 2.67. The molecule has 0 saturated carbocycles. The number of rotatable bonds is 5. The Morgan fingerprint density at radius 3 is 2.88 bits per heavy atom. The summed E-state index contributed by atoms with van der Waals surface area (Å²) in [7, 11) is 1.71. The molecule has 25 heavy (non-hydrogen) atoms. The molecule has 7 heteroatoms. The second kappa shape index (κ2) is 9.45. The van der Waals surface area contributed by atoms with Crippen LogP contribution in [0.25, 0.3) is 0 Å². The summed E-state index contributed by atoms with van der Waals surface area (Å²) in [6, 6.07) is 13.8. The average molecular weight is 453 g/mol. The summed E-state index contributed by atoms with van der Waals surface area (Å²) in [4.78, 5) is 11.0. The Bertz CT molecular complexity index is 695. The molecule has 1 aliphatic heterocycles. The molecule has 1 aliphatic rings. The molecule has 1 unspecified atom stereocenters. The van der Waals surface area contributed by atoms with Crippen molar-refractivity contribution in [2.75, 3.05) is 37.0 Å². The van der Waals surface area contributed by atoms with Gasteiger partial charge in [0.05, 0.1) is 12.8 Å². The van der Waals surface area contributed by atoms with Crippen molar-refractivity contribution in [3.8, 4) is 5.75 Å². The maximum atomic E-state index is 5.94. The zero-order chi connectivity index (χ0) is 16.8. The van der Waals surface area contributed by atoms with Crippen LogP contribution in [0.1, 0.15) is 6.42 Å². The van der Waals surface area contributed by atoms with E-state index in [0.29, 0.717) is 24.2 Å². The van der Waals surface area contributed by atoms with Gasteiger partial charge in [0.15, 0.2) is 5.96 Å². The Labute approximate surface area is 165 Å². The lowest BCUT2D eigenvalue weighted by Crippen LogP contribution is -2.25. The van der Waals surface area contributed by atoms with Gasteiger partial charge < -0.3 is 20.7 Å². The van der Waals surface area contributed by atoms with Crippen LogP contribution in [0.5, 0.6) is 5.75 Å². The highest BCUT2D eigenvalue weighted by molar-refractivity contribution is 14.0. The van der Waals surface area contributed by atoms with Gasteiger partial charge in [-0.05, 0) is 36.6 Å². The largest absolute Gasteiger partial charge is 0.495 e. The number of hydrogen-bond acceptors (Lipinski definition) is 4. The van der Waals surface area contributed by atoms with Gasteiger partial charge in [-0.3, -0.25) is 4.99 Å². The summed E-state index contributed by atoms with van der Waals surface area (Å²) in [6.07, 6.45) is 2.82. The van der Waals surface area contributed by atoms with E-state index in [1.165, 1.54) is 0 Å². The van der Waals surface area contributed by atoms with Gasteiger partial charge in [0.2, 0.25) is 0 Å². The van der Waals surface area contributed by atoms with Crippen LogP contribution in [0.3, 0.4) is 0 Å². The molecule has 6 nitrogen and oxygen atoms in total. The van der Waals surface area contributed by atoms with Gasteiger partial charge in [-0.2, -0.15) is 0 Å². The van der Waals surface area contributed by atoms with Crippen molar-refractivity contribution < 1.29 is 4.74 Å². The molecule has 1 aromatic carbocycles. The van der Waals surface area contributed by atoms with Crippen LogP contribution < -0.4 is 20.7 Å². The summed E-state index contributed by atoms with van der Waals surface area (Å²) in [5.41, 5.74) is 7.09. The van der Waals surface area contributed by atoms with E-state index >= 15 is 0 Å². The Balaban J connectivity index is 0.00000225. The quantitative estimate of drug-likeness (QED) is 0.414. The van der Waals surface area contributed by atoms with Gasteiger partial charge in [0, 0.05) is 25.8 Å². The lowest BCUT2D eigenvalue weighted by atomic mass is 10.1. The number of benzene rings is 1. The van der Waals surface area contributed by atoms with Gasteiger partial charge in [0.1, 0.15) is 11.6 Å². The maximum absolute atomic E-state index is 5.94. The fourth-order valence-corrected chi connectivity index (χ4v) is 2.93. The molecule has 2 aromatic rings. The van der Waals surface area contributed by atoms with Gasteiger partial charge in [-0.15, -0.1) is 24.0 Å². The van der Waals surface area contributed by atoms with E-state index in [1.54, 1.807) is 13.3 Å². The molecule has 3 rings (SSSR count). The lowest BCUT2D eigenvalue weighted by molar-refractivity contribution is 0.414. The molecule has 3 N–H and O–H groups in total. The third-order valence-corrected chi connectivity index (χ3v) is 4.15. The lowest BCUT2D eigenvalue weighted by Gasteiger charge is -2.21. The molecular weight excluding hydrogens is 429 g/mol. The summed E-state index contributed by atoms with van der Waals surface area (Å²) < 4.78 is 5.45. The molecule has 1 atom stereocenters. The summed E-state index contributed by atoms with van der Waals surface area (Å²) in [5, 5.41) is 3.01.